The van der Waals surface area contributed by atoms with Gasteiger partial charge in [0.2, 0.25) is 0 Å². The van der Waals surface area contributed by atoms with E-state index in [1.807, 2.05) is 11.5 Å². The third-order valence-electron chi connectivity index (χ3n) is 3.09. The number of carboxylic acid groups (broad SMARTS) is 1. The number of fused-ring (bicyclic) bond motifs is 1. The van der Waals surface area contributed by atoms with E-state index in [0.29, 0.717) is 0 Å². The molecule has 1 aromatic heterocycles. The quantitative estimate of drug-likeness (QED) is 0.805. The zero-order valence-electron chi connectivity index (χ0n) is 9.16. The number of imidazole rings is 1. The zero-order chi connectivity index (χ0) is 11.0. The van der Waals surface area contributed by atoms with Gasteiger partial charge in [-0.1, -0.05) is 0 Å². The van der Waals surface area contributed by atoms with Crippen LogP contribution in [0.4, 0.5) is 0 Å². The predicted molar refractivity (Wildman–Crippen MR) is 56.0 cm³/mol. The Kier molecular flexibility index (Phi) is 2.50. The van der Waals surface area contributed by atoms with Gasteiger partial charge in [0.15, 0.2) is 0 Å². The van der Waals surface area contributed by atoms with Crippen LogP contribution in [0.3, 0.4) is 0 Å². The second-order valence-corrected chi connectivity index (χ2v) is 4.14. The minimum atomic E-state index is -0.788. The van der Waals surface area contributed by atoms with Crippen molar-refractivity contribution in [3.8, 4) is 0 Å². The van der Waals surface area contributed by atoms with Gasteiger partial charge in [-0.05, 0) is 39.5 Å². The van der Waals surface area contributed by atoms with Crippen LogP contribution in [0.15, 0.2) is 0 Å². The Morgan fingerprint density at radius 3 is 2.80 bits per heavy atom. The average Bonchev–Trinajstić information content (AvgIpc) is 2.52. The Hall–Kier alpha value is -1.32. The summed E-state index contributed by atoms with van der Waals surface area (Å²) in [4.78, 5) is 15.4. The third kappa shape index (κ3) is 1.64. The lowest BCUT2D eigenvalue weighted by molar-refractivity contribution is -0.140. The van der Waals surface area contributed by atoms with E-state index in [9.17, 15) is 4.79 Å². The molecular formula is C11H16N2O2. The average molecular weight is 208 g/mol. The van der Waals surface area contributed by atoms with E-state index < -0.39 is 12.0 Å². The van der Waals surface area contributed by atoms with E-state index in [2.05, 4.69) is 4.98 Å². The Morgan fingerprint density at radius 2 is 2.13 bits per heavy atom. The van der Waals surface area contributed by atoms with Crippen LogP contribution >= 0.6 is 0 Å². The molecule has 0 aliphatic heterocycles. The SMILES string of the molecule is Cc1nc2c(n1[C@@H](C)C(=O)O)CCCC2. The number of aromatic nitrogens is 2. The Morgan fingerprint density at radius 1 is 1.47 bits per heavy atom. The fraction of sp³-hybridized carbons (Fsp3) is 0.636. The number of aliphatic carboxylic acids is 1. The van der Waals surface area contributed by atoms with Crippen molar-refractivity contribution in [2.45, 2.75) is 45.6 Å². The van der Waals surface area contributed by atoms with Crippen LogP contribution in [0.5, 0.6) is 0 Å². The van der Waals surface area contributed by atoms with Gasteiger partial charge in [0.05, 0.1) is 5.69 Å². The van der Waals surface area contributed by atoms with Crippen molar-refractivity contribution in [2.75, 3.05) is 0 Å². The number of hydrogen-bond acceptors (Lipinski definition) is 2. The minimum Gasteiger partial charge on any atom is -0.480 e. The van der Waals surface area contributed by atoms with E-state index in [0.717, 1.165) is 36.5 Å². The van der Waals surface area contributed by atoms with Crippen molar-refractivity contribution in [3.05, 3.63) is 17.2 Å². The molecule has 1 atom stereocenters. The highest BCUT2D eigenvalue weighted by atomic mass is 16.4. The molecule has 0 aromatic carbocycles. The fourth-order valence-electron chi connectivity index (χ4n) is 2.32. The summed E-state index contributed by atoms with van der Waals surface area (Å²) in [5.74, 6) is 0.0423. The number of carbonyl (C=O) groups is 1. The molecule has 0 fully saturated rings. The van der Waals surface area contributed by atoms with Gasteiger partial charge in [0.25, 0.3) is 0 Å². The summed E-state index contributed by atoms with van der Waals surface area (Å²) >= 11 is 0. The largest absolute Gasteiger partial charge is 0.480 e. The molecule has 1 aliphatic carbocycles. The van der Waals surface area contributed by atoms with E-state index in [-0.39, 0.29) is 0 Å². The highest BCUT2D eigenvalue weighted by Crippen LogP contribution is 2.25. The van der Waals surface area contributed by atoms with E-state index in [1.54, 1.807) is 6.92 Å². The standard InChI is InChI=1S/C11H16N2O2/c1-7(11(14)15)13-8(2)12-9-5-3-4-6-10(9)13/h7H,3-6H2,1-2H3,(H,14,15)/t7-/m0/s1. The summed E-state index contributed by atoms with van der Waals surface area (Å²) < 4.78 is 1.87. The number of rotatable bonds is 2. The van der Waals surface area contributed by atoms with Gasteiger partial charge in [0, 0.05) is 5.69 Å². The van der Waals surface area contributed by atoms with Crippen LogP contribution in [0.25, 0.3) is 0 Å². The summed E-state index contributed by atoms with van der Waals surface area (Å²) in [7, 11) is 0. The molecule has 1 aromatic rings. The van der Waals surface area contributed by atoms with Crippen LogP contribution in [-0.2, 0) is 17.6 Å². The number of carboxylic acids is 1. The molecule has 15 heavy (non-hydrogen) atoms. The van der Waals surface area contributed by atoms with Crippen molar-refractivity contribution in [3.63, 3.8) is 0 Å². The Balaban J connectivity index is 2.46. The van der Waals surface area contributed by atoms with Gasteiger partial charge < -0.3 is 9.67 Å². The van der Waals surface area contributed by atoms with Gasteiger partial charge in [-0.3, -0.25) is 0 Å². The van der Waals surface area contributed by atoms with Crippen LogP contribution in [0.1, 0.15) is 43.0 Å². The van der Waals surface area contributed by atoms with Gasteiger partial charge >= 0.3 is 5.97 Å². The van der Waals surface area contributed by atoms with Crippen LogP contribution in [0.2, 0.25) is 0 Å². The highest BCUT2D eigenvalue weighted by molar-refractivity contribution is 5.71. The maximum Gasteiger partial charge on any atom is 0.326 e. The topological polar surface area (TPSA) is 55.1 Å². The number of aryl methyl sites for hydroxylation is 2. The second kappa shape index (κ2) is 3.68. The summed E-state index contributed by atoms with van der Waals surface area (Å²) in [6.45, 7) is 3.60. The summed E-state index contributed by atoms with van der Waals surface area (Å²) in [6, 6.07) is -0.501. The molecule has 1 heterocycles. The zero-order valence-corrected chi connectivity index (χ0v) is 9.16. The van der Waals surface area contributed by atoms with Gasteiger partial charge in [-0.2, -0.15) is 0 Å². The molecule has 0 radical (unpaired) electrons. The first-order valence-corrected chi connectivity index (χ1v) is 5.40. The van der Waals surface area contributed by atoms with Crippen molar-refractivity contribution in [1.82, 2.24) is 9.55 Å². The molecule has 0 spiro atoms. The molecule has 0 saturated carbocycles. The first kappa shape index (κ1) is 10.2. The first-order valence-electron chi connectivity index (χ1n) is 5.40. The van der Waals surface area contributed by atoms with Crippen molar-refractivity contribution in [2.24, 2.45) is 0 Å². The first-order chi connectivity index (χ1) is 7.11. The van der Waals surface area contributed by atoms with E-state index in [1.165, 1.54) is 6.42 Å². The smallest absolute Gasteiger partial charge is 0.326 e. The molecule has 82 valence electrons. The molecule has 0 amide bonds. The number of nitrogens with zero attached hydrogens (tertiary/aromatic N) is 2. The van der Waals surface area contributed by atoms with Crippen LogP contribution in [-0.4, -0.2) is 20.6 Å². The van der Waals surface area contributed by atoms with E-state index >= 15 is 0 Å². The van der Waals surface area contributed by atoms with Crippen molar-refractivity contribution in [1.29, 1.82) is 0 Å². The van der Waals surface area contributed by atoms with Gasteiger partial charge in [-0.25, -0.2) is 9.78 Å². The molecule has 1 aliphatic rings. The maximum atomic E-state index is 11.0. The molecule has 4 heteroatoms. The Bertz CT molecular complexity index is 396. The van der Waals surface area contributed by atoms with Crippen molar-refractivity contribution >= 4 is 5.97 Å². The molecule has 0 unspecified atom stereocenters. The van der Waals surface area contributed by atoms with E-state index in [4.69, 9.17) is 5.11 Å². The number of hydrogen-bond donors (Lipinski definition) is 1. The summed E-state index contributed by atoms with van der Waals surface area (Å²) in [6.07, 6.45) is 4.28. The lowest BCUT2D eigenvalue weighted by Gasteiger charge is -2.17. The predicted octanol–water partition coefficient (Wildman–Crippen LogP) is 1.72. The monoisotopic (exact) mass is 208 g/mol. The molecular weight excluding hydrogens is 192 g/mol. The second-order valence-electron chi connectivity index (χ2n) is 4.14. The lowest BCUT2D eigenvalue weighted by atomic mass is 10.0. The highest BCUT2D eigenvalue weighted by Gasteiger charge is 2.24. The summed E-state index contributed by atoms with van der Waals surface area (Å²) in [5.41, 5.74) is 2.24. The molecule has 0 bridgehead atoms. The summed E-state index contributed by atoms with van der Waals surface area (Å²) in [5, 5.41) is 9.03. The fourth-order valence-corrected chi connectivity index (χ4v) is 2.32. The lowest BCUT2D eigenvalue weighted by Crippen LogP contribution is -2.20. The normalized spacial score (nSPS) is 17.2. The van der Waals surface area contributed by atoms with Gasteiger partial charge in [-0.15, -0.1) is 0 Å². The molecule has 2 rings (SSSR count). The molecule has 1 N–H and O–H groups in total. The van der Waals surface area contributed by atoms with Gasteiger partial charge in [0.1, 0.15) is 11.9 Å². The van der Waals surface area contributed by atoms with Crippen LogP contribution < -0.4 is 0 Å². The molecule has 4 nitrogen and oxygen atoms in total. The molecule has 0 saturated heterocycles. The third-order valence-corrected chi connectivity index (χ3v) is 3.09. The van der Waals surface area contributed by atoms with Crippen LogP contribution in [0, 0.1) is 6.92 Å². The Labute approximate surface area is 88.9 Å². The van der Waals surface area contributed by atoms with Crippen molar-refractivity contribution < 1.29 is 9.90 Å². The maximum absolute atomic E-state index is 11.0. The minimum absolute atomic E-state index is 0.501.